The predicted octanol–water partition coefficient (Wildman–Crippen LogP) is 3.32. The van der Waals surface area contributed by atoms with Gasteiger partial charge in [-0.1, -0.05) is 42.5 Å². The minimum atomic E-state index is -1.06. The molecule has 170 valence electrons. The molecule has 2 atom stereocenters. The van der Waals surface area contributed by atoms with E-state index in [1.165, 1.54) is 6.07 Å². The van der Waals surface area contributed by atoms with Crippen molar-refractivity contribution in [3.8, 4) is 0 Å². The number of anilines is 1. The average Bonchev–Trinajstić information content (AvgIpc) is 3.34. The highest BCUT2D eigenvalue weighted by Crippen LogP contribution is 2.28. The lowest BCUT2D eigenvalue weighted by molar-refractivity contribution is -0.122. The fourth-order valence-corrected chi connectivity index (χ4v) is 3.83. The van der Waals surface area contributed by atoms with Crippen LogP contribution in [0.5, 0.6) is 0 Å². The summed E-state index contributed by atoms with van der Waals surface area (Å²) in [6.07, 6.45) is 0. The molecule has 1 heterocycles. The van der Waals surface area contributed by atoms with Crippen LogP contribution < -0.4 is 21.1 Å². The van der Waals surface area contributed by atoms with Crippen molar-refractivity contribution < 1.29 is 18.4 Å². The second kappa shape index (κ2) is 9.89. The van der Waals surface area contributed by atoms with Crippen molar-refractivity contribution in [3.05, 3.63) is 101 Å². The van der Waals surface area contributed by atoms with Crippen LogP contribution in [0.15, 0.2) is 72.8 Å². The lowest BCUT2D eigenvalue weighted by Crippen LogP contribution is -2.36. The van der Waals surface area contributed by atoms with Crippen LogP contribution in [0.25, 0.3) is 0 Å². The molecule has 2 amide bonds. The summed E-state index contributed by atoms with van der Waals surface area (Å²) in [5.74, 6) is -2.83. The van der Waals surface area contributed by atoms with Crippen molar-refractivity contribution in [2.75, 3.05) is 18.5 Å². The number of para-hydroxylation sites is 1. The van der Waals surface area contributed by atoms with Gasteiger partial charge in [-0.05, 0) is 41.5 Å². The minimum absolute atomic E-state index is 0.00608. The number of hydrogen-bond donors (Lipinski definition) is 3. The third-order valence-electron chi connectivity index (χ3n) is 5.75. The second-order valence-electron chi connectivity index (χ2n) is 7.90. The Kier molecular flexibility index (Phi) is 6.76. The largest absolute Gasteiger partial charge is 0.348 e. The van der Waals surface area contributed by atoms with E-state index in [1.54, 1.807) is 11.9 Å². The fourth-order valence-electron chi connectivity index (χ4n) is 3.83. The first-order valence-electron chi connectivity index (χ1n) is 10.6. The molecular formula is C25H24F2N4O2. The highest BCUT2D eigenvalue weighted by atomic mass is 19.2. The van der Waals surface area contributed by atoms with Gasteiger partial charge in [-0.2, -0.15) is 0 Å². The first kappa shape index (κ1) is 22.6. The highest BCUT2D eigenvalue weighted by Gasteiger charge is 2.35. The molecule has 0 aromatic heterocycles. The molecular weight excluding hydrogens is 426 g/mol. The number of carbonyl (C=O) groups is 2. The molecule has 1 saturated heterocycles. The Bertz CT molecular complexity index is 1140. The number of halogens is 2. The van der Waals surface area contributed by atoms with E-state index < -0.39 is 17.5 Å². The highest BCUT2D eigenvalue weighted by molar-refractivity contribution is 5.95. The Morgan fingerprint density at radius 2 is 1.73 bits per heavy atom. The summed E-state index contributed by atoms with van der Waals surface area (Å²) < 4.78 is 26.4. The fraction of sp³-hybridized carbons (Fsp3) is 0.200. The van der Waals surface area contributed by atoms with E-state index in [4.69, 9.17) is 0 Å². The van der Waals surface area contributed by atoms with Crippen LogP contribution in [-0.2, 0) is 11.3 Å². The summed E-state index contributed by atoms with van der Waals surface area (Å²) in [5.41, 5.74) is 8.92. The van der Waals surface area contributed by atoms with Crippen molar-refractivity contribution >= 4 is 17.5 Å². The monoisotopic (exact) mass is 450 g/mol. The molecule has 8 heteroatoms. The number of nitrogens with zero attached hydrogens (tertiary/aromatic N) is 1. The quantitative estimate of drug-likeness (QED) is 0.539. The van der Waals surface area contributed by atoms with Crippen LogP contribution in [0.1, 0.15) is 27.5 Å². The predicted molar refractivity (Wildman–Crippen MR) is 121 cm³/mol. The third kappa shape index (κ3) is 5.08. The van der Waals surface area contributed by atoms with Gasteiger partial charge in [0, 0.05) is 31.4 Å². The molecule has 1 fully saturated rings. The first-order valence-corrected chi connectivity index (χ1v) is 10.6. The van der Waals surface area contributed by atoms with E-state index in [9.17, 15) is 18.4 Å². The van der Waals surface area contributed by atoms with Gasteiger partial charge in [-0.25, -0.2) is 14.2 Å². The van der Waals surface area contributed by atoms with Crippen molar-refractivity contribution in [1.82, 2.24) is 16.2 Å². The van der Waals surface area contributed by atoms with Gasteiger partial charge in [-0.3, -0.25) is 15.0 Å². The van der Waals surface area contributed by atoms with Crippen molar-refractivity contribution in [2.24, 2.45) is 5.92 Å². The molecule has 0 radical (unpaired) electrons. The number of nitrogens with one attached hydrogen (secondary N) is 3. The van der Waals surface area contributed by atoms with Gasteiger partial charge in [0.1, 0.15) is 0 Å². The number of benzene rings is 3. The maximum absolute atomic E-state index is 13.3. The zero-order chi connectivity index (χ0) is 23.4. The molecule has 1 aliphatic heterocycles. The van der Waals surface area contributed by atoms with Gasteiger partial charge < -0.3 is 10.2 Å². The second-order valence-corrected chi connectivity index (χ2v) is 7.90. The van der Waals surface area contributed by atoms with Gasteiger partial charge in [0.2, 0.25) is 5.91 Å². The zero-order valence-electron chi connectivity index (χ0n) is 18.0. The Morgan fingerprint density at radius 3 is 2.42 bits per heavy atom. The maximum atomic E-state index is 13.3. The molecule has 2 unspecified atom stereocenters. The summed E-state index contributed by atoms with van der Waals surface area (Å²) in [6.45, 7) is 0.736. The standard InChI is InChI=1S/C25H24F2N4O2/c1-31(19-5-3-2-4-6-19)25(33)20-15-29-30-23(20)17-9-7-16(8-10-17)14-28-24(32)18-11-12-21(26)22(27)13-18/h2-13,20,23,29-30H,14-15H2,1H3,(H,28,32). The normalized spacial score (nSPS) is 17.5. The van der Waals surface area contributed by atoms with Gasteiger partial charge in [-0.15, -0.1) is 0 Å². The Morgan fingerprint density at radius 1 is 1.00 bits per heavy atom. The Hall–Kier alpha value is -3.62. The van der Waals surface area contributed by atoms with Crippen molar-refractivity contribution in [3.63, 3.8) is 0 Å². The van der Waals surface area contributed by atoms with Crippen LogP contribution in [0.4, 0.5) is 14.5 Å². The number of hydrogen-bond acceptors (Lipinski definition) is 4. The van der Waals surface area contributed by atoms with Crippen LogP contribution in [0.2, 0.25) is 0 Å². The van der Waals surface area contributed by atoms with E-state index in [1.807, 2.05) is 54.6 Å². The van der Waals surface area contributed by atoms with Crippen molar-refractivity contribution in [2.45, 2.75) is 12.6 Å². The number of amides is 2. The minimum Gasteiger partial charge on any atom is -0.348 e. The molecule has 3 aromatic rings. The molecule has 0 aliphatic carbocycles. The molecule has 3 aromatic carbocycles. The molecule has 0 bridgehead atoms. The van der Waals surface area contributed by atoms with E-state index in [0.29, 0.717) is 6.54 Å². The maximum Gasteiger partial charge on any atom is 0.251 e. The topological polar surface area (TPSA) is 73.5 Å². The summed E-state index contributed by atoms with van der Waals surface area (Å²) >= 11 is 0. The first-order chi connectivity index (χ1) is 15.9. The van der Waals surface area contributed by atoms with Gasteiger partial charge in [0.05, 0.1) is 12.0 Å². The van der Waals surface area contributed by atoms with Crippen LogP contribution in [0, 0.1) is 17.6 Å². The van der Waals surface area contributed by atoms with E-state index >= 15 is 0 Å². The van der Waals surface area contributed by atoms with Gasteiger partial charge >= 0.3 is 0 Å². The molecule has 33 heavy (non-hydrogen) atoms. The lowest BCUT2D eigenvalue weighted by atomic mass is 9.93. The van der Waals surface area contributed by atoms with E-state index in [2.05, 4.69) is 16.2 Å². The van der Waals surface area contributed by atoms with Gasteiger partial charge in [0.15, 0.2) is 11.6 Å². The number of rotatable bonds is 6. The lowest BCUT2D eigenvalue weighted by Gasteiger charge is -2.24. The SMILES string of the molecule is CN(C(=O)C1CNNC1c1ccc(CNC(=O)c2ccc(F)c(F)c2)cc1)c1ccccc1. The van der Waals surface area contributed by atoms with E-state index in [-0.39, 0.29) is 30.0 Å². The molecule has 3 N–H and O–H groups in total. The smallest absolute Gasteiger partial charge is 0.251 e. The molecule has 4 rings (SSSR count). The van der Waals surface area contributed by atoms with Crippen LogP contribution >= 0.6 is 0 Å². The molecule has 0 saturated carbocycles. The van der Waals surface area contributed by atoms with Gasteiger partial charge in [0.25, 0.3) is 5.91 Å². The zero-order valence-corrected chi connectivity index (χ0v) is 18.0. The summed E-state index contributed by atoms with van der Waals surface area (Å²) in [7, 11) is 1.77. The molecule has 0 spiro atoms. The Balaban J connectivity index is 1.39. The van der Waals surface area contributed by atoms with E-state index in [0.717, 1.165) is 28.9 Å². The Labute approximate surface area is 190 Å². The van der Waals surface area contributed by atoms with Crippen LogP contribution in [0.3, 0.4) is 0 Å². The third-order valence-corrected chi connectivity index (χ3v) is 5.75. The summed E-state index contributed by atoms with van der Waals surface area (Å²) in [6, 6.07) is 19.9. The van der Waals surface area contributed by atoms with Crippen molar-refractivity contribution in [1.29, 1.82) is 0 Å². The number of hydrazine groups is 1. The summed E-state index contributed by atoms with van der Waals surface area (Å²) in [4.78, 5) is 27.0. The van der Waals surface area contributed by atoms with Crippen LogP contribution in [-0.4, -0.2) is 25.4 Å². The summed E-state index contributed by atoms with van der Waals surface area (Å²) in [5, 5.41) is 2.69. The molecule has 6 nitrogen and oxygen atoms in total. The number of carbonyl (C=O) groups excluding carboxylic acids is 2. The average molecular weight is 450 g/mol. The molecule has 1 aliphatic rings.